The fraction of sp³-hybridized carbons (Fsp3) is 0.263. The number of rotatable bonds is 7. The Hall–Kier alpha value is -1.71. The summed E-state index contributed by atoms with van der Waals surface area (Å²) in [5, 5.41) is 2.30. The molecule has 1 atom stereocenters. The van der Waals surface area contributed by atoms with Gasteiger partial charge in [-0.2, -0.15) is 0 Å². The highest BCUT2D eigenvalue weighted by Crippen LogP contribution is 2.28. The van der Waals surface area contributed by atoms with Crippen LogP contribution in [0.3, 0.4) is 0 Å². The summed E-state index contributed by atoms with van der Waals surface area (Å²) in [5.74, 6) is 0.894. The molecule has 0 aromatic heterocycles. The van der Waals surface area contributed by atoms with E-state index < -0.39 is 0 Å². The van der Waals surface area contributed by atoms with Crippen molar-refractivity contribution in [1.82, 2.24) is 4.90 Å². The molecule has 0 N–H and O–H groups in total. The predicted molar refractivity (Wildman–Crippen MR) is 98.8 cm³/mol. The first-order valence-electron chi connectivity index (χ1n) is 7.42. The summed E-state index contributed by atoms with van der Waals surface area (Å²) in [6.07, 6.45) is 4.44. The summed E-state index contributed by atoms with van der Waals surface area (Å²) in [6.45, 7) is 4.68. The molecule has 2 nitrogen and oxygen atoms in total. The van der Waals surface area contributed by atoms with Gasteiger partial charge in [0.1, 0.15) is 11.9 Å². The number of ether oxygens (including phenoxy) is 1. The van der Waals surface area contributed by atoms with Crippen LogP contribution in [0.5, 0.6) is 5.75 Å². The van der Waals surface area contributed by atoms with E-state index in [-0.39, 0.29) is 6.10 Å². The minimum absolute atomic E-state index is 0.0745. The Balaban J connectivity index is 2.28. The minimum atomic E-state index is -0.0745. The van der Waals surface area contributed by atoms with Crippen molar-refractivity contribution in [3.05, 3.63) is 66.1 Å². The topological polar surface area (TPSA) is 12.5 Å². The molecule has 0 aliphatic heterocycles. The molecule has 0 heterocycles. The molecule has 0 fully saturated rings. The monoisotopic (exact) mass is 313 g/mol. The van der Waals surface area contributed by atoms with E-state index >= 15 is 0 Å². The lowest BCUT2D eigenvalue weighted by atomic mass is 10.1. The van der Waals surface area contributed by atoms with E-state index in [1.807, 2.05) is 30.3 Å². The van der Waals surface area contributed by atoms with E-state index in [2.05, 4.69) is 56.4 Å². The number of allylic oxidation sites excluding steroid dienone is 2. The Morgan fingerprint density at radius 3 is 2.68 bits per heavy atom. The van der Waals surface area contributed by atoms with Crippen LogP contribution in [0.2, 0.25) is 0 Å². The third-order valence-electron chi connectivity index (χ3n) is 3.48. The first kappa shape index (κ1) is 16.7. The van der Waals surface area contributed by atoms with Crippen LogP contribution < -0.4 is 4.74 Å². The predicted octanol–water partition coefficient (Wildman–Crippen LogP) is 4.54. The van der Waals surface area contributed by atoms with Gasteiger partial charge >= 0.3 is 0 Å². The van der Waals surface area contributed by atoms with Crippen molar-refractivity contribution in [2.24, 2.45) is 0 Å². The molecule has 0 aliphatic carbocycles. The summed E-state index contributed by atoms with van der Waals surface area (Å²) in [5.41, 5.74) is 0. The second-order valence-electron chi connectivity index (χ2n) is 5.50. The summed E-state index contributed by atoms with van der Waals surface area (Å²) < 4.78 is 6.27. The van der Waals surface area contributed by atoms with E-state index in [0.29, 0.717) is 0 Å². The van der Waals surface area contributed by atoms with Gasteiger partial charge in [0.25, 0.3) is 0 Å². The molecule has 116 valence electrons. The Morgan fingerprint density at radius 2 is 1.95 bits per heavy atom. The second-order valence-corrected chi connectivity index (χ2v) is 6.02. The zero-order valence-corrected chi connectivity index (χ0v) is 14.1. The van der Waals surface area contributed by atoms with E-state index in [9.17, 15) is 0 Å². The van der Waals surface area contributed by atoms with Gasteiger partial charge in [-0.25, -0.2) is 0 Å². The highest BCUT2D eigenvalue weighted by atomic mass is 32.1. The third-order valence-corrected chi connectivity index (χ3v) is 3.91. The lowest BCUT2D eigenvalue weighted by molar-refractivity contribution is 0.218. The molecule has 2 rings (SSSR count). The maximum Gasteiger partial charge on any atom is 0.130 e. The van der Waals surface area contributed by atoms with Gasteiger partial charge in [0.05, 0.1) is 0 Å². The van der Waals surface area contributed by atoms with Crippen molar-refractivity contribution in [1.29, 1.82) is 0 Å². The molecular weight excluding hydrogens is 290 g/mol. The molecule has 0 bridgehead atoms. The number of benzene rings is 2. The standard InChI is InChI=1S/C19H23NOS/c1-4-8-19(22)18(13-14-20(2)3)21-17-12-7-10-15-9-5-6-11-16(15)17/h4-12,18,22H,1,13-14H2,2-3H3/b19-8-/t18-/m0/s1. The summed E-state index contributed by atoms with van der Waals surface area (Å²) in [4.78, 5) is 3.04. The van der Waals surface area contributed by atoms with Crippen molar-refractivity contribution < 1.29 is 4.74 Å². The molecule has 22 heavy (non-hydrogen) atoms. The van der Waals surface area contributed by atoms with Crippen molar-refractivity contribution in [3.8, 4) is 5.75 Å². The molecule has 2 aromatic rings. The fourth-order valence-corrected chi connectivity index (χ4v) is 2.61. The van der Waals surface area contributed by atoms with Crippen molar-refractivity contribution in [3.63, 3.8) is 0 Å². The average molecular weight is 313 g/mol. The summed E-state index contributed by atoms with van der Waals surface area (Å²) >= 11 is 4.58. The Bertz CT molecular complexity index is 658. The molecule has 0 saturated heterocycles. The van der Waals surface area contributed by atoms with E-state index in [0.717, 1.165) is 29.0 Å². The third kappa shape index (κ3) is 4.39. The Labute approximate surface area is 138 Å². The molecule has 2 aromatic carbocycles. The molecule has 0 radical (unpaired) electrons. The second kappa shape index (κ2) is 8.06. The zero-order valence-electron chi connectivity index (χ0n) is 13.2. The van der Waals surface area contributed by atoms with E-state index in [4.69, 9.17) is 4.74 Å². The van der Waals surface area contributed by atoms with Crippen LogP contribution in [0.1, 0.15) is 6.42 Å². The Kier molecular flexibility index (Phi) is 6.10. The number of hydrogen-bond acceptors (Lipinski definition) is 3. The van der Waals surface area contributed by atoms with Crippen LogP contribution in [0, 0.1) is 0 Å². The molecule has 3 heteroatoms. The van der Waals surface area contributed by atoms with E-state index in [1.54, 1.807) is 6.08 Å². The lowest BCUT2D eigenvalue weighted by Gasteiger charge is -2.22. The molecule has 0 aliphatic rings. The fourth-order valence-electron chi connectivity index (χ4n) is 2.32. The SMILES string of the molecule is C=C/C=C(\S)[C@H](CCN(C)C)Oc1cccc2ccccc12. The summed E-state index contributed by atoms with van der Waals surface area (Å²) in [7, 11) is 4.12. The smallest absolute Gasteiger partial charge is 0.130 e. The van der Waals surface area contributed by atoms with Gasteiger partial charge in [-0.05, 0) is 31.6 Å². The van der Waals surface area contributed by atoms with Crippen LogP contribution >= 0.6 is 12.6 Å². The van der Waals surface area contributed by atoms with Gasteiger partial charge in [-0.3, -0.25) is 0 Å². The summed E-state index contributed by atoms with van der Waals surface area (Å²) in [6, 6.07) is 14.4. The van der Waals surface area contributed by atoms with Gasteiger partial charge in [0.2, 0.25) is 0 Å². The number of nitrogens with zero attached hydrogens (tertiary/aromatic N) is 1. The highest BCUT2D eigenvalue weighted by Gasteiger charge is 2.15. The normalized spacial score (nSPS) is 13.4. The maximum absolute atomic E-state index is 6.27. The van der Waals surface area contributed by atoms with Gasteiger partial charge < -0.3 is 9.64 Å². The number of fused-ring (bicyclic) bond motifs is 1. The number of thiol groups is 1. The van der Waals surface area contributed by atoms with Crippen LogP contribution in [0.4, 0.5) is 0 Å². The molecule has 0 spiro atoms. The van der Waals surface area contributed by atoms with Crippen LogP contribution in [-0.4, -0.2) is 31.6 Å². The molecule has 0 unspecified atom stereocenters. The maximum atomic E-state index is 6.27. The van der Waals surface area contributed by atoms with Crippen LogP contribution in [0.25, 0.3) is 10.8 Å². The van der Waals surface area contributed by atoms with Gasteiger partial charge in [0.15, 0.2) is 0 Å². The Morgan fingerprint density at radius 1 is 1.23 bits per heavy atom. The molecule has 0 saturated carbocycles. The average Bonchev–Trinajstić information content (AvgIpc) is 2.51. The van der Waals surface area contributed by atoms with Crippen molar-refractivity contribution in [2.75, 3.05) is 20.6 Å². The largest absolute Gasteiger partial charge is 0.485 e. The lowest BCUT2D eigenvalue weighted by Crippen LogP contribution is -2.24. The zero-order chi connectivity index (χ0) is 15.9. The van der Waals surface area contributed by atoms with Crippen molar-refractivity contribution >= 4 is 23.4 Å². The van der Waals surface area contributed by atoms with Gasteiger partial charge in [0, 0.05) is 23.3 Å². The van der Waals surface area contributed by atoms with Crippen LogP contribution in [-0.2, 0) is 0 Å². The van der Waals surface area contributed by atoms with Crippen molar-refractivity contribution in [2.45, 2.75) is 12.5 Å². The van der Waals surface area contributed by atoms with Gasteiger partial charge in [-0.15, -0.1) is 12.6 Å². The number of hydrogen-bond donors (Lipinski definition) is 1. The molecular formula is C19H23NOS. The first-order valence-corrected chi connectivity index (χ1v) is 7.87. The minimum Gasteiger partial charge on any atom is -0.485 e. The van der Waals surface area contributed by atoms with E-state index in [1.165, 1.54) is 5.39 Å². The van der Waals surface area contributed by atoms with Crippen LogP contribution in [0.15, 0.2) is 66.1 Å². The van der Waals surface area contributed by atoms with Gasteiger partial charge in [-0.1, -0.05) is 49.1 Å². The molecule has 0 amide bonds. The highest BCUT2D eigenvalue weighted by molar-refractivity contribution is 7.84. The quantitative estimate of drug-likeness (QED) is 0.595. The first-order chi connectivity index (χ1) is 10.6.